The van der Waals surface area contributed by atoms with Gasteiger partial charge in [-0.2, -0.15) is 15.3 Å². The number of carbonyl (C=O) groups excluding carboxylic acids is 1. The van der Waals surface area contributed by atoms with E-state index in [1.54, 1.807) is 20.2 Å². The van der Waals surface area contributed by atoms with Gasteiger partial charge in [-0.25, -0.2) is 9.37 Å². The van der Waals surface area contributed by atoms with Crippen molar-refractivity contribution in [3.8, 4) is 6.07 Å². The second kappa shape index (κ2) is 11.6. The lowest BCUT2D eigenvalue weighted by Gasteiger charge is -2.35. The number of anilines is 3. The molecule has 3 aromatic heterocycles. The molecule has 1 atom stereocenters. The third-order valence-electron chi connectivity index (χ3n) is 8.90. The summed E-state index contributed by atoms with van der Waals surface area (Å²) in [6.45, 7) is 5.72. The lowest BCUT2D eigenvalue weighted by molar-refractivity contribution is 0.0269. The molecular formula is C31H35FN10O2S. The van der Waals surface area contributed by atoms with Crippen LogP contribution in [0.25, 0.3) is 10.1 Å². The second-order valence-corrected chi connectivity index (χ2v) is 13.1. The van der Waals surface area contributed by atoms with E-state index in [9.17, 15) is 14.4 Å². The average Bonchev–Trinajstić information content (AvgIpc) is 3.53. The number of amides is 1. The minimum Gasteiger partial charge on any atom is -0.389 e. The van der Waals surface area contributed by atoms with Gasteiger partial charge < -0.3 is 30.1 Å². The number of likely N-dealkylation sites (N-methyl/N-ethyl adjacent to an activating group) is 1. The minimum atomic E-state index is -0.435. The first-order valence-electron chi connectivity index (χ1n) is 15.1. The standard InChI is InChI=1S/C31H35FN10O2S/c1-38(2)30(43)24-13-18-16-41(7-4-8-42(18)37-24)29-21-17-44-25(14-23(21)35-31(36-29)40-11-9-39(3)10-12-40)19-5-6-22(32)27-26(19)20(15-33)28(34)45-27/h5-6,13,25H,4,7-12,14,16-17,34H2,1-3H3/t25-/m0/s1. The number of benzene rings is 1. The summed E-state index contributed by atoms with van der Waals surface area (Å²) in [5.74, 6) is 0.978. The number of fused-ring (bicyclic) bond motifs is 3. The number of nitrogens with zero attached hydrogens (tertiary/aromatic N) is 9. The fourth-order valence-corrected chi connectivity index (χ4v) is 7.38. The van der Waals surface area contributed by atoms with Crippen molar-refractivity contribution in [3.63, 3.8) is 0 Å². The molecule has 1 aromatic carbocycles. The Bertz CT molecular complexity index is 1840. The Kier molecular flexibility index (Phi) is 7.55. The lowest BCUT2D eigenvalue weighted by atomic mass is 9.95. The smallest absolute Gasteiger partial charge is 0.273 e. The van der Waals surface area contributed by atoms with Gasteiger partial charge in [0.2, 0.25) is 5.95 Å². The van der Waals surface area contributed by atoms with E-state index in [-0.39, 0.29) is 18.1 Å². The quantitative estimate of drug-likeness (QED) is 0.359. The molecule has 1 saturated heterocycles. The molecule has 1 amide bonds. The van der Waals surface area contributed by atoms with E-state index in [1.807, 2.05) is 10.7 Å². The van der Waals surface area contributed by atoms with Crippen LogP contribution in [0.1, 0.15) is 51.1 Å². The molecule has 4 aromatic rings. The first kappa shape index (κ1) is 29.4. The number of nitriles is 1. The summed E-state index contributed by atoms with van der Waals surface area (Å²) in [7, 11) is 5.57. The summed E-state index contributed by atoms with van der Waals surface area (Å²) in [4.78, 5) is 31.3. The van der Waals surface area contributed by atoms with Crippen LogP contribution in [0.3, 0.4) is 0 Å². The zero-order valence-electron chi connectivity index (χ0n) is 25.6. The molecule has 45 heavy (non-hydrogen) atoms. The van der Waals surface area contributed by atoms with Crippen molar-refractivity contribution < 1.29 is 13.9 Å². The Morgan fingerprint density at radius 1 is 1.16 bits per heavy atom. The molecule has 0 bridgehead atoms. The van der Waals surface area contributed by atoms with Crippen molar-refractivity contribution in [3.05, 3.63) is 57.8 Å². The molecule has 0 unspecified atom stereocenters. The molecule has 1 fully saturated rings. The molecule has 14 heteroatoms. The molecule has 2 N–H and O–H groups in total. The van der Waals surface area contributed by atoms with Crippen LogP contribution in [0.15, 0.2) is 18.2 Å². The van der Waals surface area contributed by atoms with Crippen LogP contribution in [-0.2, 0) is 30.9 Å². The van der Waals surface area contributed by atoms with E-state index in [4.69, 9.17) is 20.4 Å². The van der Waals surface area contributed by atoms with Crippen molar-refractivity contribution in [1.82, 2.24) is 29.5 Å². The number of aromatic nitrogens is 4. The molecule has 3 aliphatic rings. The maximum atomic E-state index is 14.8. The van der Waals surface area contributed by atoms with E-state index in [0.29, 0.717) is 46.2 Å². The summed E-state index contributed by atoms with van der Waals surface area (Å²) in [5, 5.41) is 15.3. The Hall–Kier alpha value is -4.32. The molecule has 12 nitrogen and oxygen atoms in total. The van der Waals surface area contributed by atoms with Gasteiger partial charge in [0.1, 0.15) is 22.7 Å². The molecule has 0 spiro atoms. The maximum Gasteiger partial charge on any atom is 0.273 e. The fraction of sp³-hybridized carbons (Fsp3) is 0.452. The van der Waals surface area contributed by atoms with Gasteiger partial charge in [-0.3, -0.25) is 9.48 Å². The van der Waals surface area contributed by atoms with Crippen molar-refractivity contribution in [2.45, 2.75) is 38.6 Å². The highest BCUT2D eigenvalue weighted by Gasteiger charge is 2.33. The van der Waals surface area contributed by atoms with Crippen molar-refractivity contribution in [1.29, 1.82) is 5.26 Å². The summed E-state index contributed by atoms with van der Waals surface area (Å²) < 4.78 is 23.6. The van der Waals surface area contributed by atoms with Gasteiger partial charge in [0.25, 0.3) is 5.91 Å². The molecule has 6 heterocycles. The number of hydrogen-bond acceptors (Lipinski definition) is 11. The third-order valence-corrected chi connectivity index (χ3v) is 9.93. The highest BCUT2D eigenvalue weighted by molar-refractivity contribution is 7.23. The summed E-state index contributed by atoms with van der Waals surface area (Å²) in [5.41, 5.74) is 10.3. The molecule has 3 aliphatic heterocycles. The van der Waals surface area contributed by atoms with Gasteiger partial charge in [0, 0.05) is 70.7 Å². The SMILES string of the molecule is CN1CCN(c2nc3c(c(N4CCCn5nc(C(=O)N(C)C)cc5C4)n2)CO[C@H](c2ccc(F)c4sc(N)c(C#N)c24)C3)CC1. The van der Waals surface area contributed by atoms with Crippen LogP contribution < -0.4 is 15.5 Å². The van der Waals surface area contributed by atoms with E-state index < -0.39 is 11.9 Å². The minimum absolute atomic E-state index is 0.125. The predicted molar refractivity (Wildman–Crippen MR) is 170 cm³/mol. The molecule has 0 radical (unpaired) electrons. The van der Waals surface area contributed by atoms with Crippen LogP contribution in [-0.4, -0.2) is 89.3 Å². The van der Waals surface area contributed by atoms with Crippen LogP contribution in [0.2, 0.25) is 0 Å². The highest BCUT2D eigenvalue weighted by Crippen LogP contribution is 2.43. The zero-order valence-corrected chi connectivity index (χ0v) is 26.4. The summed E-state index contributed by atoms with van der Waals surface area (Å²) in [6, 6.07) is 7.17. The monoisotopic (exact) mass is 630 g/mol. The predicted octanol–water partition coefficient (Wildman–Crippen LogP) is 3.16. The number of rotatable bonds is 4. The topological polar surface area (TPSA) is 133 Å². The summed E-state index contributed by atoms with van der Waals surface area (Å²) >= 11 is 1.09. The highest BCUT2D eigenvalue weighted by atomic mass is 32.1. The third kappa shape index (κ3) is 5.24. The zero-order chi connectivity index (χ0) is 31.4. The van der Waals surface area contributed by atoms with Crippen molar-refractivity contribution in [2.24, 2.45) is 0 Å². The lowest BCUT2D eigenvalue weighted by Crippen LogP contribution is -2.45. The second-order valence-electron chi connectivity index (χ2n) is 12.1. The van der Waals surface area contributed by atoms with Gasteiger partial charge >= 0.3 is 0 Å². The Morgan fingerprint density at radius 3 is 2.71 bits per heavy atom. The number of nitrogen functional groups attached to an aromatic ring is 1. The maximum absolute atomic E-state index is 14.8. The van der Waals surface area contributed by atoms with Crippen LogP contribution >= 0.6 is 11.3 Å². The summed E-state index contributed by atoms with van der Waals surface area (Å²) in [6.07, 6.45) is 0.843. The van der Waals surface area contributed by atoms with E-state index in [0.717, 1.165) is 78.8 Å². The van der Waals surface area contributed by atoms with E-state index in [2.05, 4.69) is 32.9 Å². The van der Waals surface area contributed by atoms with Gasteiger partial charge in [-0.05, 0) is 31.2 Å². The average molecular weight is 631 g/mol. The Balaban J connectivity index is 1.28. The van der Waals surface area contributed by atoms with Gasteiger partial charge in [-0.15, -0.1) is 11.3 Å². The first-order valence-corrected chi connectivity index (χ1v) is 15.9. The number of ether oxygens (including phenoxy) is 1. The Morgan fingerprint density at radius 2 is 1.96 bits per heavy atom. The van der Waals surface area contributed by atoms with Crippen LogP contribution in [0.4, 0.5) is 21.2 Å². The largest absolute Gasteiger partial charge is 0.389 e. The number of carbonyl (C=O) groups is 1. The van der Waals surface area contributed by atoms with Gasteiger partial charge in [0.15, 0.2) is 5.69 Å². The normalized spacial score (nSPS) is 18.8. The fourth-order valence-electron chi connectivity index (χ4n) is 6.42. The van der Waals surface area contributed by atoms with Gasteiger partial charge in [0.05, 0.1) is 40.9 Å². The molecule has 0 aliphatic carbocycles. The molecule has 0 saturated carbocycles. The van der Waals surface area contributed by atoms with Crippen molar-refractivity contribution >= 4 is 44.1 Å². The van der Waals surface area contributed by atoms with E-state index >= 15 is 0 Å². The van der Waals surface area contributed by atoms with Crippen molar-refractivity contribution in [2.75, 3.05) is 69.4 Å². The van der Waals surface area contributed by atoms with Crippen LogP contribution in [0, 0.1) is 17.1 Å². The number of nitrogens with two attached hydrogens (primary N) is 1. The van der Waals surface area contributed by atoms with Gasteiger partial charge in [-0.1, -0.05) is 6.07 Å². The molecule has 7 rings (SSSR count). The number of piperazine rings is 1. The Labute approximate surface area is 264 Å². The first-order chi connectivity index (χ1) is 21.7. The number of hydrogen-bond donors (Lipinski definition) is 1. The van der Waals surface area contributed by atoms with E-state index in [1.165, 1.54) is 11.0 Å². The molecular weight excluding hydrogens is 595 g/mol. The number of aryl methyl sites for hydroxylation is 1. The number of halogens is 1. The number of thiophene rings is 1. The molecule has 234 valence electrons. The van der Waals surface area contributed by atoms with Crippen LogP contribution in [0.5, 0.6) is 0 Å².